The minimum Gasteiger partial charge on any atom is -0.482 e. The number of hydrogen-bond acceptors (Lipinski definition) is 8. The molecule has 0 saturated carbocycles. The summed E-state index contributed by atoms with van der Waals surface area (Å²) in [5.41, 5.74) is 2.80. The molecular weight excluding hydrogens is 548 g/mol. The number of para-hydroxylation sites is 1. The molecule has 0 aliphatic carbocycles. The van der Waals surface area contributed by atoms with E-state index in [9.17, 15) is 9.90 Å². The average molecular weight is 585 g/mol. The van der Waals surface area contributed by atoms with E-state index in [1.54, 1.807) is 12.1 Å². The van der Waals surface area contributed by atoms with Crippen molar-refractivity contribution in [3.63, 3.8) is 0 Å². The van der Waals surface area contributed by atoms with Gasteiger partial charge in [-0.3, -0.25) is 0 Å². The number of ether oxygens (including phenoxy) is 6. The lowest BCUT2D eigenvalue weighted by atomic mass is 9.98. The topological polar surface area (TPSA) is 92.7 Å². The van der Waals surface area contributed by atoms with Crippen LogP contribution in [0.1, 0.15) is 16.7 Å². The Balaban J connectivity index is 1.35. The number of esters is 1. The number of carbonyl (C=O) groups excluding carboxylic acids is 1. The first-order valence-electron chi connectivity index (χ1n) is 14.3. The monoisotopic (exact) mass is 584 g/mol. The van der Waals surface area contributed by atoms with Gasteiger partial charge < -0.3 is 33.5 Å². The molecule has 1 aliphatic heterocycles. The van der Waals surface area contributed by atoms with Gasteiger partial charge in [0.05, 0.1) is 26.4 Å². The van der Waals surface area contributed by atoms with Crippen LogP contribution < -0.4 is 4.74 Å². The Kier molecular flexibility index (Phi) is 11.3. The van der Waals surface area contributed by atoms with Crippen molar-refractivity contribution in [2.24, 2.45) is 0 Å². The number of carbonyl (C=O) groups is 1. The third-order valence-corrected chi connectivity index (χ3v) is 6.94. The lowest BCUT2D eigenvalue weighted by molar-refractivity contribution is -0.311. The van der Waals surface area contributed by atoms with Crippen LogP contribution in [0.4, 0.5) is 0 Å². The van der Waals surface area contributed by atoms with Crippen LogP contribution in [0.25, 0.3) is 0 Å². The fraction of sp³-hybridized carbons (Fsp3) is 0.286. The van der Waals surface area contributed by atoms with Crippen LogP contribution in [-0.4, -0.2) is 55.0 Å². The molecule has 0 spiro atoms. The highest BCUT2D eigenvalue weighted by molar-refractivity contribution is 5.71. The molecule has 1 N–H and O–H groups in total. The molecule has 0 aromatic heterocycles. The van der Waals surface area contributed by atoms with Gasteiger partial charge in [0.1, 0.15) is 24.1 Å². The molecule has 1 heterocycles. The lowest BCUT2D eigenvalue weighted by Gasteiger charge is -2.44. The van der Waals surface area contributed by atoms with Gasteiger partial charge in [-0.15, -0.1) is 0 Å². The molecule has 8 nitrogen and oxygen atoms in total. The maximum absolute atomic E-state index is 13.1. The highest BCUT2D eigenvalue weighted by Crippen LogP contribution is 2.29. The van der Waals surface area contributed by atoms with E-state index in [-0.39, 0.29) is 26.4 Å². The summed E-state index contributed by atoms with van der Waals surface area (Å²) in [4.78, 5) is 13.1. The Morgan fingerprint density at radius 3 is 1.67 bits per heavy atom. The molecule has 5 atom stereocenters. The van der Waals surface area contributed by atoms with Crippen molar-refractivity contribution < 1.29 is 38.3 Å². The predicted octanol–water partition coefficient (Wildman–Crippen LogP) is 5.08. The summed E-state index contributed by atoms with van der Waals surface area (Å²) in [7, 11) is 0. The number of benzene rings is 4. The van der Waals surface area contributed by atoms with Crippen molar-refractivity contribution >= 4 is 5.97 Å². The molecule has 1 unspecified atom stereocenters. The van der Waals surface area contributed by atoms with Crippen LogP contribution in [-0.2, 0) is 48.3 Å². The first-order chi connectivity index (χ1) is 21.2. The molecular formula is C35H36O8. The van der Waals surface area contributed by atoms with Crippen molar-refractivity contribution in [1.82, 2.24) is 0 Å². The van der Waals surface area contributed by atoms with Gasteiger partial charge >= 0.3 is 5.97 Å². The van der Waals surface area contributed by atoms with E-state index in [1.165, 1.54) is 0 Å². The molecule has 8 heteroatoms. The van der Waals surface area contributed by atoms with E-state index in [1.807, 2.05) is 109 Å². The first-order valence-corrected chi connectivity index (χ1v) is 14.3. The van der Waals surface area contributed by atoms with Gasteiger partial charge in [-0.2, -0.15) is 0 Å². The quantitative estimate of drug-likeness (QED) is 0.205. The van der Waals surface area contributed by atoms with Crippen LogP contribution >= 0.6 is 0 Å². The fourth-order valence-electron chi connectivity index (χ4n) is 4.78. The van der Waals surface area contributed by atoms with E-state index >= 15 is 0 Å². The van der Waals surface area contributed by atoms with Crippen LogP contribution in [0.15, 0.2) is 121 Å². The zero-order valence-electron chi connectivity index (χ0n) is 23.8. The fourth-order valence-corrected chi connectivity index (χ4v) is 4.78. The van der Waals surface area contributed by atoms with Crippen LogP contribution in [0.5, 0.6) is 5.75 Å². The SMILES string of the molecule is O=C(COc1ccccc1)O[C@H]1[C@H](OCc2ccccc2)[C@@H](OCc2ccccc2)C(O)O[C@@H]1COCc1ccccc1. The third kappa shape index (κ3) is 9.22. The zero-order chi connectivity index (χ0) is 29.7. The second-order valence-corrected chi connectivity index (χ2v) is 10.1. The van der Waals surface area contributed by atoms with Crippen LogP contribution in [0.2, 0.25) is 0 Å². The summed E-state index contributed by atoms with van der Waals surface area (Å²) < 4.78 is 36.1. The standard InChI is InChI=1S/C35H36O8/c36-31(25-39-29-19-11-4-12-20-29)43-32-30(24-38-21-26-13-5-1-6-14-26)42-35(37)34(41-23-28-17-9-3-10-18-28)33(32)40-22-27-15-7-2-8-16-27/h1-20,30,32-35,37H,21-25H2/t30-,32-,33+,34-,35?/m1/s1. The smallest absolute Gasteiger partial charge is 0.344 e. The second-order valence-electron chi connectivity index (χ2n) is 10.1. The Bertz CT molecular complexity index is 1350. The van der Waals surface area contributed by atoms with E-state index in [0.29, 0.717) is 12.4 Å². The minimum atomic E-state index is -1.36. The van der Waals surface area contributed by atoms with Gasteiger partial charge in [0.2, 0.25) is 0 Å². The molecule has 5 rings (SSSR count). The van der Waals surface area contributed by atoms with Crippen molar-refractivity contribution in [2.45, 2.75) is 50.5 Å². The summed E-state index contributed by atoms with van der Waals surface area (Å²) in [6.07, 6.45) is -4.99. The molecule has 1 aliphatic rings. The Hall–Kier alpha value is -4.05. The highest BCUT2D eigenvalue weighted by atomic mass is 16.7. The molecule has 224 valence electrons. The maximum atomic E-state index is 13.1. The normalized spacial score (nSPS) is 21.7. The van der Waals surface area contributed by atoms with E-state index in [4.69, 9.17) is 28.4 Å². The number of rotatable bonds is 14. The van der Waals surface area contributed by atoms with Gasteiger partial charge in [0.15, 0.2) is 19.0 Å². The molecule has 0 bridgehead atoms. The molecule has 1 fully saturated rings. The van der Waals surface area contributed by atoms with Crippen molar-refractivity contribution in [3.8, 4) is 5.75 Å². The minimum absolute atomic E-state index is 0.0417. The number of aliphatic hydroxyl groups is 1. The van der Waals surface area contributed by atoms with Gasteiger partial charge in [0, 0.05) is 0 Å². The van der Waals surface area contributed by atoms with Gasteiger partial charge in [-0.1, -0.05) is 109 Å². The zero-order valence-corrected chi connectivity index (χ0v) is 23.8. The lowest BCUT2D eigenvalue weighted by Crippen LogP contribution is -2.61. The summed E-state index contributed by atoms with van der Waals surface area (Å²) in [6.45, 7) is 0.444. The van der Waals surface area contributed by atoms with Crippen LogP contribution in [0.3, 0.4) is 0 Å². The van der Waals surface area contributed by atoms with E-state index in [2.05, 4.69) is 0 Å². The largest absolute Gasteiger partial charge is 0.482 e. The second kappa shape index (κ2) is 16.0. The van der Waals surface area contributed by atoms with Gasteiger partial charge in [-0.05, 0) is 28.8 Å². The predicted molar refractivity (Wildman–Crippen MR) is 159 cm³/mol. The highest BCUT2D eigenvalue weighted by Gasteiger charge is 2.49. The van der Waals surface area contributed by atoms with Gasteiger partial charge in [0.25, 0.3) is 0 Å². The average Bonchev–Trinajstić information content (AvgIpc) is 3.05. The summed E-state index contributed by atoms with van der Waals surface area (Å²) in [5, 5.41) is 11.2. The molecule has 0 radical (unpaired) electrons. The molecule has 43 heavy (non-hydrogen) atoms. The van der Waals surface area contributed by atoms with Gasteiger partial charge in [-0.25, -0.2) is 4.79 Å². The number of aliphatic hydroxyl groups excluding tert-OH is 1. The first kappa shape index (κ1) is 30.4. The maximum Gasteiger partial charge on any atom is 0.344 e. The molecule has 4 aromatic rings. The van der Waals surface area contributed by atoms with Crippen molar-refractivity contribution in [1.29, 1.82) is 0 Å². The number of hydrogen-bond donors (Lipinski definition) is 1. The van der Waals surface area contributed by atoms with Crippen molar-refractivity contribution in [3.05, 3.63) is 138 Å². The summed E-state index contributed by atoms with van der Waals surface area (Å²) in [6, 6.07) is 37.9. The Labute approximate surface area is 251 Å². The van der Waals surface area contributed by atoms with Crippen molar-refractivity contribution in [2.75, 3.05) is 13.2 Å². The Morgan fingerprint density at radius 2 is 1.12 bits per heavy atom. The van der Waals surface area contributed by atoms with E-state index in [0.717, 1.165) is 16.7 Å². The van der Waals surface area contributed by atoms with Crippen LogP contribution in [0, 0.1) is 0 Å². The molecule has 1 saturated heterocycles. The molecule has 0 amide bonds. The summed E-state index contributed by atoms with van der Waals surface area (Å²) in [5.74, 6) is -0.0736. The molecule has 4 aromatic carbocycles. The third-order valence-electron chi connectivity index (χ3n) is 6.94. The summed E-state index contributed by atoms with van der Waals surface area (Å²) >= 11 is 0. The Morgan fingerprint density at radius 1 is 0.628 bits per heavy atom. The van der Waals surface area contributed by atoms with E-state index < -0.39 is 36.7 Å².